The molecule has 3 atom stereocenters. The fraction of sp³-hybridized carbons (Fsp3) is 0.667. The smallest absolute Gasteiger partial charge is 0.273 e. The minimum absolute atomic E-state index is 0.0724. The Balaban J connectivity index is 1.76. The first-order valence-corrected chi connectivity index (χ1v) is 7.06. The summed E-state index contributed by atoms with van der Waals surface area (Å²) in [4.78, 5) is 18.3. The van der Waals surface area contributed by atoms with Gasteiger partial charge in [-0.15, -0.1) is 11.3 Å². The van der Waals surface area contributed by atoms with Gasteiger partial charge >= 0.3 is 0 Å². The Labute approximate surface area is 105 Å². The molecule has 17 heavy (non-hydrogen) atoms. The molecular formula is C12H16N2O2S. The van der Waals surface area contributed by atoms with Crippen molar-refractivity contribution >= 4 is 17.2 Å². The zero-order valence-corrected chi connectivity index (χ0v) is 10.7. The molecule has 0 spiro atoms. The lowest BCUT2D eigenvalue weighted by molar-refractivity contribution is 0.0331. The lowest BCUT2D eigenvalue weighted by atomic mass is 10.1. The predicted octanol–water partition coefficient (Wildman–Crippen LogP) is 1.78. The van der Waals surface area contributed by atoms with Gasteiger partial charge in [-0.05, 0) is 19.8 Å². The van der Waals surface area contributed by atoms with Crippen molar-refractivity contribution in [3.8, 4) is 0 Å². The highest BCUT2D eigenvalue weighted by molar-refractivity contribution is 7.07. The Morgan fingerprint density at radius 2 is 2.53 bits per heavy atom. The number of hydrogen-bond donors (Lipinski definition) is 0. The Bertz CT molecular complexity index is 407. The van der Waals surface area contributed by atoms with Crippen LogP contribution in [-0.2, 0) is 4.74 Å². The van der Waals surface area contributed by atoms with E-state index in [0.717, 1.165) is 19.6 Å². The van der Waals surface area contributed by atoms with E-state index in [1.165, 1.54) is 17.8 Å². The Kier molecular flexibility index (Phi) is 2.88. The first-order valence-electron chi connectivity index (χ1n) is 6.12. The second kappa shape index (κ2) is 4.38. The first kappa shape index (κ1) is 11.2. The van der Waals surface area contributed by atoms with Gasteiger partial charge in [0, 0.05) is 24.4 Å². The summed E-state index contributed by atoms with van der Waals surface area (Å²) in [6.07, 6.45) is 2.52. The molecule has 0 unspecified atom stereocenters. The molecule has 2 fully saturated rings. The van der Waals surface area contributed by atoms with Crippen LogP contribution in [0.3, 0.4) is 0 Å². The standard InChI is InChI=1S/C12H16N2O2S/c1-2-16-11-8-3-4-10(11)14(5-8)12(15)9-6-17-7-13-9/h6-8,10-11H,2-5H2,1H3/t8-,10+,11+/m0/s1. The lowest BCUT2D eigenvalue weighted by Crippen LogP contribution is -2.40. The van der Waals surface area contributed by atoms with Crippen LogP contribution in [0.1, 0.15) is 30.3 Å². The number of thiazole rings is 1. The van der Waals surface area contributed by atoms with Gasteiger partial charge in [-0.25, -0.2) is 4.98 Å². The van der Waals surface area contributed by atoms with Gasteiger partial charge in [0.1, 0.15) is 5.69 Å². The minimum atomic E-state index is 0.0724. The first-order chi connectivity index (χ1) is 8.31. The summed E-state index contributed by atoms with van der Waals surface area (Å²) in [6.45, 7) is 3.59. The van der Waals surface area contributed by atoms with Gasteiger partial charge in [0.05, 0.1) is 17.7 Å². The van der Waals surface area contributed by atoms with Crippen molar-refractivity contribution in [1.29, 1.82) is 0 Å². The number of rotatable bonds is 3. The molecule has 1 aromatic heterocycles. The lowest BCUT2D eigenvalue weighted by Gasteiger charge is -2.26. The maximum Gasteiger partial charge on any atom is 0.273 e. The summed E-state index contributed by atoms with van der Waals surface area (Å²) < 4.78 is 5.78. The van der Waals surface area contributed by atoms with Gasteiger partial charge in [0.15, 0.2) is 0 Å². The average molecular weight is 252 g/mol. The normalized spacial score (nSPS) is 31.1. The summed E-state index contributed by atoms with van der Waals surface area (Å²) in [7, 11) is 0. The van der Waals surface area contributed by atoms with Crippen LogP contribution in [0.4, 0.5) is 0 Å². The van der Waals surface area contributed by atoms with Crippen LogP contribution in [0.2, 0.25) is 0 Å². The van der Waals surface area contributed by atoms with Crippen molar-refractivity contribution in [2.24, 2.45) is 5.92 Å². The van der Waals surface area contributed by atoms with Crippen LogP contribution in [0, 0.1) is 5.92 Å². The number of piperidine rings is 1. The molecule has 4 nitrogen and oxygen atoms in total. The van der Waals surface area contributed by atoms with Gasteiger partial charge < -0.3 is 9.64 Å². The number of amides is 1. The van der Waals surface area contributed by atoms with E-state index in [-0.39, 0.29) is 18.1 Å². The number of aromatic nitrogens is 1. The quantitative estimate of drug-likeness (QED) is 0.823. The molecule has 1 saturated heterocycles. The third-order valence-corrected chi connectivity index (χ3v) is 4.37. The zero-order chi connectivity index (χ0) is 11.8. The van der Waals surface area contributed by atoms with Crippen LogP contribution in [-0.4, -0.2) is 41.1 Å². The number of ether oxygens (including phenoxy) is 1. The van der Waals surface area contributed by atoms with E-state index >= 15 is 0 Å². The van der Waals surface area contributed by atoms with E-state index < -0.39 is 0 Å². The molecule has 2 heterocycles. The summed E-state index contributed by atoms with van der Waals surface area (Å²) in [5.41, 5.74) is 2.29. The van der Waals surface area contributed by atoms with Crippen molar-refractivity contribution in [3.63, 3.8) is 0 Å². The highest BCUT2D eigenvalue weighted by Gasteiger charge is 2.49. The second-order valence-electron chi connectivity index (χ2n) is 4.66. The fourth-order valence-corrected chi connectivity index (χ4v) is 3.61. The third kappa shape index (κ3) is 1.77. The highest BCUT2D eigenvalue weighted by atomic mass is 32.1. The van der Waals surface area contributed by atoms with Crippen molar-refractivity contribution in [2.45, 2.75) is 31.9 Å². The van der Waals surface area contributed by atoms with Crippen LogP contribution < -0.4 is 0 Å². The van der Waals surface area contributed by atoms with Gasteiger partial charge in [0.2, 0.25) is 0 Å². The summed E-state index contributed by atoms with van der Waals surface area (Å²) in [5.74, 6) is 0.602. The van der Waals surface area contributed by atoms with Gasteiger partial charge in [-0.2, -0.15) is 0 Å². The second-order valence-corrected chi connectivity index (χ2v) is 5.37. The Hall–Kier alpha value is -0.940. The molecule has 5 heteroatoms. The number of carbonyl (C=O) groups excluding carboxylic acids is 1. The summed E-state index contributed by atoms with van der Waals surface area (Å²) in [5, 5.41) is 1.82. The third-order valence-electron chi connectivity index (χ3n) is 3.78. The number of hydrogen-bond acceptors (Lipinski definition) is 4. The van der Waals surface area contributed by atoms with E-state index in [4.69, 9.17) is 4.74 Å². The van der Waals surface area contributed by atoms with E-state index in [1.54, 1.807) is 5.51 Å². The average Bonchev–Trinajstić information content (AvgIpc) is 3.04. The van der Waals surface area contributed by atoms with E-state index in [9.17, 15) is 4.79 Å². The van der Waals surface area contributed by atoms with Crippen molar-refractivity contribution in [2.75, 3.05) is 13.2 Å². The fourth-order valence-electron chi connectivity index (χ4n) is 3.08. The maximum atomic E-state index is 12.3. The molecule has 1 aliphatic heterocycles. The van der Waals surface area contributed by atoms with Crippen LogP contribution in [0.25, 0.3) is 0 Å². The molecule has 92 valence electrons. The highest BCUT2D eigenvalue weighted by Crippen LogP contribution is 2.40. The topological polar surface area (TPSA) is 42.4 Å². The molecular weight excluding hydrogens is 236 g/mol. The van der Waals surface area contributed by atoms with Gasteiger partial charge in [-0.3, -0.25) is 4.79 Å². The van der Waals surface area contributed by atoms with Gasteiger partial charge in [0.25, 0.3) is 5.91 Å². The van der Waals surface area contributed by atoms with Crippen molar-refractivity contribution in [1.82, 2.24) is 9.88 Å². The molecule has 0 N–H and O–H groups in total. The van der Waals surface area contributed by atoms with Crippen molar-refractivity contribution in [3.05, 3.63) is 16.6 Å². The molecule has 1 saturated carbocycles. The Morgan fingerprint density at radius 3 is 3.24 bits per heavy atom. The number of carbonyl (C=O) groups is 1. The molecule has 2 aliphatic rings. The molecule has 1 amide bonds. The number of fused-ring (bicyclic) bond motifs is 2. The van der Waals surface area contributed by atoms with Gasteiger partial charge in [-0.1, -0.05) is 0 Å². The Morgan fingerprint density at radius 1 is 1.65 bits per heavy atom. The number of likely N-dealkylation sites (tertiary alicyclic amines) is 1. The largest absolute Gasteiger partial charge is 0.376 e. The minimum Gasteiger partial charge on any atom is -0.376 e. The van der Waals surface area contributed by atoms with Crippen molar-refractivity contribution < 1.29 is 9.53 Å². The molecule has 0 radical (unpaired) electrons. The van der Waals surface area contributed by atoms with E-state index in [2.05, 4.69) is 4.98 Å². The molecule has 2 bridgehead atoms. The summed E-state index contributed by atoms with van der Waals surface area (Å²) >= 11 is 1.47. The molecule has 1 aliphatic carbocycles. The van der Waals surface area contributed by atoms with E-state index in [1.807, 2.05) is 17.2 Å². The van der Waals surface area contributed by atoms with Crippen LogP contribution >= 0.6 is 11.3 Å². The van der Waals surface area contributed by atoms with Crippen LogP contribution in [0.5, 0.6) is 0 Å². The van der Waals surface area contributed by atoms with E-state index in [0.29, 0.717) is 11.6 Å². The van der Waals surface area contributed by atoms with Crippen LogP contribution in [0.15, 0.2) is 10.9 Å². The predicted molar refractivity (Wildman–Crippen MR) is 65.1 cm³/mol. The molecule has 1 aromatic rings. The SMILES string of the molecule is CCO[C@@H]1[C@H]2CC[C@H]1N(C(=O)c1cscn1)C2. The maximum absolute atomic E-state index is 12.3. The summed E-state index contributed by atoms with van der Waals surface area (Å²) in [6, 6.07) is 0.272. The molecule has 0 aromatic carbocycles. The zero-order valence-electron chi connectivity index (χ0n) is 9.83. The molecule has 3 rings (SSSR count). The number of nitrogens with zero attached hydrogens (tertiary/aromatic N) is 2. The monoisotopic (exact) mass is 252 g/mol.